The second-order valence-corrected chi connectivity index (χ2v) is 7.00. The van der Waals surface area contributed by atoms with Gasteiger partial charge in [-0.3, -0.25) is 4.79 Å². The first kappa shape index (κ1) is 19.8. The summed E-state index contributed by atoms with van der Waals surface area (Å²) in [6.45, 7) is 3.77. The van der Waals surface area contributed by atoms with Gasteiger partial charge in [0.05, 0.1) is 19.1 Å². The fraction of sp³-hybridized carbons (Fsp3) is 0.409. The molecule has 0 fully saturated rings. The van der Waals surface area contributed by atoms with Crippen LogP contribution in [0, 0.1) is 5.92 Å². The summed E-state index contributed by atoms with van der Waals surface area (Å²) in [6.07, 6.45) is 1.19. The molecule has 0 heterocycles. The molecule has 0 spiro atoms. The van der Waals surface area contributed by atoms with E-state index in [4.69, 9.17) is 9.47 Å². The molecule has 0 saturated heterocycles. The first-order valence-corrected chi connectivity index (χ1v) is 8.98. The molecule has 2 aromatic carbocycles. The monoisotopic (exact) mass is 355 g/mol. The van der Waals surface area contributed by atoms with E-state index >= 15 is 0 Å². The van der Waals surface area contributed by atoms with Crippen molar-refractivity contribution in [2.24, 2.45) is 5.92 Å². The third-order valence-corrected chi connectivity index (χ3v) is 4.26. The molecule has 4 nitrogen and oxygen atoms in total. The molecule has 140 valence electrons. The molecule has 0 radical (unpaired) electrons. The smallest absolute Gasteiger partial charge is 0.309 e. The van der Waals surface area contributed by atoms with Gasteiger partial charge in [-0.1, -0.05) is 24.3 Å². The minimum atomic E-state index is -0.212. The second-order valence-electron chi connectivity index (χ2n) is 7.00. The summed E-state index contributed by atoms with van der Waals surface area (Å²) in [6, 6.07) is 16.2. The molecule has 0 bridgehead atoms. The Kier molecular flexibility index (Phi) is 7.07. The summed E-state index contributed by atoms with van der Waals surface area (Å²) < 4.78 is 10.7. The third kappa shape index (κ3) is 5.80. The van der Waals surface area contributed by atoms with Gasteiger partial charge in [-0.25, -0.2) is 0 Å². The summed E-state index contributed by atoms with van der Waals surface area (Å²) in [4.78, 5) is 14.7. The highest BCUT2D eigenvalue weighted by atomic mass is 16.5. The third-order valence-electron chi connectivity index (χ3n) is 4.26. The van der Waals surface area contributed by atoms with Crippen molar-refractivity contribution in [3.8, 4) is 5.75 Å². The van der Waals surface area contributed by atoms with Crippen molar-refractivity contribution >= 4 is 11.7 Å². The SMILES string of the molecule is COc1ccc(C[C@H](Cc2ccc(N(C)C)cc2)C(=O)OC(C)C)cc1. The topological polar surface area (TPSA) is 38.8 Å². The summed E-state index contributed by atoms with van der Waals surface area (Å²) >= 11 is 0. The van der Waals surface area contributed by atoms with Crippen LogP contribution in [0.1, 0.15) is 25.0 Å². The van der Waals surface area contributed by atoms with Gasteiger partial charge in [0.15, 0.2) is 0 Å². The number of carbonyl (C=O) groups is 1. The van der Waals surface area contributed by atoms with Crippen molar-refractivity contribution in [1.29, 1.82) is 0 Å². The lowest BCUT2D eigenvalue weighted by Crippen LogP contribution is -2.25. The van der Waals surface area contributed by atoms with Crippen LogP contribution in [0.15, 0.2) is 48.5 Å². The van der Waals surface area contributed by atoms with E-state index in [1.165, 1.54) is 0 Å². The van der Waals surface area contributed by atoms with E-state index in [-0.39, 0.29) is 18.0 Å². The summed E-state index contributed by atoms with van der Waals surface area (Å²) in [5.74, 6) is 0.456. The van der Waals surface area contributed by atoms with Crippen molar-refractivity contribution in [3.63, 3.8) is 0 Å². The standard InChI is InChI=1S/C22H29NO3/c1-16(2)26-22(24)19(15-18-8-12-21(25-5)13-9-18)14-17-6-10-20(11-7-17)23(3)4/h6-13,16,19H,14-15H2,1-5H3/t19-/m0/s1. The highest BCUT2D eigenvalue weighted by Crippen LogP contribution is 2.21. The molecule has 1 atom stereocenters. The lowest BCUT2D eigenvalue weighted by Gasteiger charge is -2.19. The number of esters is 1. The Bertz CT molecular complexity index is 690. The molecule has 4 heteroatoms. The zero-order chi connectivity index (χ0) is 19.1. The molecule has 2 rings (SSSR count). The number of hydrogen-bond acceptors (Lipinski definition) is 4. The quantitative estimate of drug-likeness (QED) is 0.668. The molecule has 26 heavy (non-hydrogen) atoms. The lowest BCUT2D eigenvalue weighted by atomic mass is 9.92. The van der Waals surface area contributed by atoms with Crippen LogP contribution in [0.4, 0.5) is 5.69 Å². The van der Waals surface area contributed by atoms with Gasteiger partial charge in [0.1, 0.15) is 5.75 Å². The van der Waals surface area contributed by atoms with Crippen molar-refractivity contribution in [2.45, 2.75) is 32.8 Å². The molecule has 0 aromatic heterocycles. The van der Waals surface area contributed by atoms with Crippen LogP contribution >= 0.6 is 0 Å². The van der Waals surface area contributed by atoms with Gasteiger partial charge in [0, 0.05) is 19.8 Å². The van der Waals surface area contributed by atoms with Gasteiger partial charge in [0.25, 0.3) is 0 Å². The summed E-state index contributed by atoms with van der Waals surface area (Å²) in [5, 5.41) is 0. The molecule has 0 amide bonds. The second kappa shape index (κ2) is 9.27. The molecule has 0 N–H and O–H groups in total. The van der Waals surface area contributed by atoms with Crippen LogP contribution in [0.25, 0.3) is 0 Å². The number of rotatable bonds is 8. The lowest BCUT2D eigenvalue weighted by molar-refractivity contribution is -0.152. The Labute approximate surface area is 156 Å². The van der Waals surface area contributed by atoms with E-state index < -0.39 is 0 Å². The maximum absolute atomic E-state index is 12.6. The minimum Gasteiger partial charge on any atom is -0.497 e. The molecule has 0 unspecified atom stereocenters. The van der Waals surface area contributed by atoms with Crippen molar-refractivity contribution < 1.29 is 14.3 Å². The zero-order valence-corrected chi connectivity index (χ0v) is 16.4. The van der Waals surface area contributed by atoms with E-state index in [2.05, 4.69) is 29.2 Å². The Morgan fingerprint density at radius 2 is 1.42 bits per heavy atom. The average Bonchev–Trinajstić information content (AvgIpc) is 2.61. The van der Waals surface area contributed by atoms with Crippen LogP contribution in [0.2, 0.25) is 0 Å². The van der Waals surface area contributed by atoms with Crippen molar-refractivity contribution in [1.82, 2.24) is 0 Å². The van der Waals surface area contributed by atoms with E-state index in [9.17, 15) is 4.79 Å². The number of benzene rings is 2. The van der Waals surface area contributed by atoms with Gasteiger partial charge < -0.3 is 14.4 Å². The van der Waals surface area contributed by atoms with Gasteiger partial charge in [-0.2, -0.15) is 0 Å². The van der Waals surface area contributed by atoms with Crippen LogP contribution in [0.5, 0.6) is 5.75 Å². The Morgan fingerprint density at radius 1 is 0.923 bits per heavy atom. The Balaban J connectivity index is 2.15. The van der Waals surface area contributed by atoms with E-state index in [1.54, 1.807) is 7.11 Å². The number of carbonyl (C=O) groups excluding carboxylic acids is 1. The molecular weight excluding hydrogens is 326 g/mol. The first-order valence-electron chi connectivity index (χ1n) is 8.98. The number of ether oxygens (including phenoxy) is 2. The van der Waals surface area contributed by atoms with Crippen LogP contribution in [0.3, 0.4) is 0 Å². The summed E-state index contributed by atoms with van der Waals surface area (Å²) in [5.41, 5.74) is 3.38. The molecule has 0 saturated carbocycles. The van der Waals surface area contributed by atoms with Gasteiger partial charge in [0.2, 0.25) is 0 Å². The predicted molar refractivity (Wildman–Crippen MR) is 106 cm³/mol. The fourth-order valence-electron chi connectivity index (χ4n) is 2.83. The van der Waals surface area contributed by atoms with E-state index in [0.29, 0.717) is 12.8 Å². The highest BCUT2D eigenvalue weighted by molar-refractivity contribution is 5.73. The van der Waals surface area contributed by atoms with E-state index in [0.717, 1.165) is 22.6 Å². The number of nitrogens with zero attached hydrogens (tertiary/aromatic N) is 1. The summed E-state index contributed by atoms with van der Waals surface area (Å²) in [7, 11) is 5.68. The minimum absolute atomic E-state index is 0.114. The van der Waals surface area contributed by atoms with Gasteiger partial charge >= 0.3 is 5.97 Å². The number of methoxy groups -OCH3 is 1. The Morgan fingerprint density at radius 3 is 1.85 bits per heavy atom. The first-order chi connectivity index (χ1) is 12.4. The number of anilines is 1. The predicted octanol–water partition coefficient (Wildman–Crippen LogP) is 4.11. The van der Waals surface area contributed by atoms with Crippen LogP contribution in [-0.2, 0) is 22.4 Å². The van der Waals surface area contributed by atoms with Crippen LogP contribution < -0.4 is 9.64 Å². The maximum atomic E-state index is 12.6. The molecule has 0 aliphatic carbocycles. The molecule has 0 aliphatic heterocycles. The normalized spacial score (nSPS) is 11.9. The zero-order valence-electron chi connectivity index (χ0n) is 16.4. The van der Waals surface area contributed by atoms with Gasteiger partial charge in [-0.15, -0.1) is 0 Å². The number of hydrogen-bond donors (Lipinski definition) is 0. The molecular formula is C22H29NO3. The molecule has 0 aliphatic rings. The largest absolute Gasteiger partial charge is 0.497 e. The van der Waals surface area contributed by atoms with Crippen molar-refractivity contribution in [2.75, 3.05) is 26.1 Å². The van der Waals surface area contributed by atoms with Crippen molar-refractivity contribution in [3.05, 3.63) is 59.7 Å². The fourth-order valence-corrected chi connectivity index (χ4v) is 2.83. The van der Waals surface area contributed by atoms with E-state index in [1.807, 2.05) is 52.2 Å². The maximum Gasteiger partial charge on any atom is 0.309 e. The Hall–Kier alpha value is -2.49. The van der Waals surface area contributed by atoms with Gasteiger partial charge in [-0.05, 0) is 62.1 Å². The average molecular weight is 355 g/mol. The molecule has 2 aromatic rings. The van der Waals surface area contributed by atoms with Crippen LogP contribution in [-0.4, -0.2) is 33.3 Å². The highest BCUT2D eigenvalue weighted by Gasteiger charge is 2.22.